The second kappa shape index (κ2) is 4.45. The SMILES string of the molecule is NC(=O)c1c(C(F)(F)F)ccc(Br)c1C(F)(F)F. The fraction of sp³-hybridized carbons (Fsp3) is 0.222. The maximum absolute atomic E-state index is 12.6. The number of hydrogen-bond donors (Lipinski definition) is 1. The van der Waals surface area contributed by atoms with Crippen molar-refractivity contribution >= 4 is 21.8 Å². The molecule has 18 heavy (non-hydrogen) atoms. The summed E-state index contributed by atoms with van der Waals surface area (Å²) < 4.78 is 74.8. The van der Waals surface area contributed by atoms with Gasteiger partial charge in [-0.25, -0.2) is 0 Å². The first-order valence-corrected chi connectivity index (χ1v) is 5.02. The molecule has 0 unspecified atom stereocenters. The molecule has 100 valence electrons. The van der Waals surface area contributed by atoms with Gasteiger partial charge in [0.2, 0.25) is 5.91 Å². The highest BCUT2D eigenvalue weighted by atomic mass is 79.9. The minimum atomic E-state index is -5.13. The molecule has 0 heterocycles. The fourth-order valence-corrected chi connectivity index (χ4v) is 1.90. The molecule has 0 aliphatic heterocycles. The summed E-state index contributed by atoms with van der Waals surface area (Å²) in [5.74, 6) is -1.80. The van der Waals surface area contributed by atoms with Crippen LogP contribution in [-0.4, -0.2) is 5.91 Å². The van der Waals surface area contributed by atoms with Crippen LogP contribution >= 0.6 is 15.9 Å². The van der Waals surface area contributed by atoms with Crippen LogP contribution in [0.4, 0.5) is 26.3 Å². The molecule has 0 aliphatic rings. The van der Waals surface area contributed by atoms with Gasteiger partial charge in [-0.2, -0.15) is 26.3 Å². The molecule has 1 amide bonds. The highest BCUT2D eigenvalue weighted by Gasteiger charge is 2.43. The number of primary amides is 1. The van der Waals surface area contributed by atoms with Gasteiger partial charge in [-0.1, -0.05) is 15.9 Å². The zero-order chi connectivity index (χ0) is 14.3. The van der Waals surface area contributed by atoms with E-state index in [-0.39, 0.29) is 0 Å². The van der Waals surface area contributed by atoms with E-state index in [0.717, 1.165) is 0 Å². The fourth-order valence-electron chi connectivity index (χ4n) is 1.35. The third-order valence-electron chi connectivity index (χ3n) is 1.99. The first-order chi connectivity index (χ1) is 7.96. The van der Waals surface area contributed by atoms with Crippen molar-refractivity contribution in [1.82, 2.24) is 0 Å². The number of hydrogen-bond acceptors (Lipinski definition) is 1. The van der Waals surface area contributed by atoms with Crippen molar-refractivity contribution in [2.45, 2.75) is 12.4 Å². The Hall–Kier alpha value is -1.25. The summed E-state index contributed by atoms with van der Waals surface area (Å²) in [6.45, 7) is 0. The van der Waals surface area contributed by atoms with E-state index in [1.807, 2.05) is 0 Å². The van der Waals surface area contributed by atoms with Gasteiger partial charge < -0.3 is 5.73 Å². The Morgan fingerprint density at radius 3 is 1.89 bits per heavy atom. The Balaban J connectivity index is 3.76. The minimum absolute atomic E-state index is 0.361. The number of halogens is 7. The lowest BCUT2D eigenvalue weighted by Gasteiger charge is -2.17. The summed E-state index contributed by atoms with van der Waals surface area (Å²) in [6, 6.07) is 0.928. The maximum atomic E-state index is 12.6. The van der Waals surface area contributed by atoms with Crippen LogP contribution < -0.4 is 5.73 Å². The highest BCUT2D eigenvalue weighted by Crippen LogP contribution is 2.42. The standard InChI is InChI=1S/C9H4BrF6NO/c10-4-2-1-3(8(11,12)13)5(7(17)18)6(4)9(14,15)16/h1-2H,(H2,17,18). The van der Waals surface area contributed by atoms with Crippen molar-refractivity contribution in [3.63, 3.8) is 0 Å². The van der Waals surface area contributed by atoms with E-state index < -0.39 is 39.4 Å². The Morgan fingerprint density at radius 2 is 1.56 bits per heavy atom. The van der Waals surface area contributed by atoms with E-state index in [1.165, 1.54) is 0 Å². The van der Waals surface area contributed by atoms with Gasteiger partial charge in [-0.15, -0.1) is 0 Å². The third kappa shape index (κ3) is 2.77. The van der Waals surface area contributed by atoms with E-state index in [0.29, 0.717) is 12.1 Å². The van der Waals surface area contributed by atoms with Gasteiger partial charge in [0.05, 0.1) is 16.7 Å². The van der Waals surface area contributed by atoms with Crippen molar-refractivity contribution in [1.29, 1.82) is 0 Å². The number of alkyl halides is 6. The van der Waals surface area contributed by atoms with Crippen LogP contribution in [0, 0.1) is 0 Å². The van der Waals surface area contributed by atoms with Crippen LogP contribution in [-0.2, 0) is 12.4 Å². The topological polar surface area (TPSA) is 43.1 Å². The van der Waals surface area contributed by atoms with E-state index in [9.17, 15) is 31.1 Å². The summed E-state index contributed by atoms with van der Waals surface area (Å²) in [5.41, 5.74) is -0.424. The number of carbonyl (C=O) groups excluding carboxylic acids is 1. The number of amides is 1. The van der Waals surface area contributed by atoms with Gasteiger partial charge in [0.1, 0.15) is 0 Å². The molecule has 1 aromatic carbocycles. The molecular weight excluding hydrogens is 332 g/mol. The number of carbonyl (C=O) groups is 1. The molecule has 9 heteroatoms. The normalized spacial score (nSPS) is 12.6. The molecule has 0 radical (unpaired) electrons. The summed E-state index contributed by atoms with van der Waals surface area (Å²) in [7, 11) is 0. The van der Waals surface area contributed by atoms with Crippen molar-refractivity contribution in [2.75, 3.05) is 0 Å². The molecule has 0 saturated carbocycles. The quantitative estimate of drug-likeness (QED) is 0.783. The first kappa shape index (κ1) is 14.8. The molecular formula is C9H4BrF6NO. The zero-order valence-corrected chi connectivity index (χ0v) is 9.87. The highest BCUT2D eigenvalue weighted by molar-refractivity contribution is 9.10. The predicted octanol–water partition coefficient (Wildman–Crippen LogP) is 3.59. The van der Waals surface area contributed by atoms with Crippen LogP contribution in [0.1, 0.15) is 21.5 Å². The van der Waals surface area contributed by atoms with Gasteiger partial charge >= 0.3 is 12.4 Å². The average Bonchev–Trinajstić information content (AvgIpc) is 2.12. The Bertz CT molecular complexity index is 493. The second-order valence-corrected chi connectivity index (χ2v) is 4.06. The van der Waals surface area contributed by atoms with Gasteiger partial charge in [-0.05, 0) is 12.1 Å². The smallest absolute Gasteiger partial charge is 0.366 e. The zero-order valence-electron chi connectivity index (χ0n) is 8.29. The van der Waals surface area contributed by atoms with Crippen LogP contribution in [0.5, 0.6) is 0 Å². The Kier molecular flexibility index (Phi) is 3.66. The summed E-state index contributed by atoms with van der Waals surface area (Å²) >= 11 is 2.46. The third-order valence-corrected chi connectivity index (χ3v) is 2.65. The van der Waals surface area contributed by atoms with E-state index >= 15 is 0 Å². The minimum Gasteiger partial charge on any atom is -0.366 e. The number of nitrogens with two attached hydrogens (primary N) is 1. The Morgan fingerprint density at radius 1 is 1.06 bits per heavy atom. The molecule has 0 fully saturated rings. The Labute approximate surface area is 105 Å². The van der Waals surface area contributed by atoms with Crippen LogP contribution in [0.25, 0.3) is 0 Å². The van der Waals surface area contributed by atoms with Crippen LogP contribution in [0.15, 0.2) is 16.6 Å². The molecule has 2 N–H and O–H groups in total. The van der Waals surface area contributed by atoms with Gasteiger partial charge in [-0.3, -0.25) is 4.79 Å². The van der Waals surface area contributed by atoms with Gasteiger partial charge in [0, 0.05) is 4.47 Å². The van der Waals surface area contributed by atoms with E-state index in [1.54, 1.807) is 0 Å². The average molecular weight is 336 g/mol. The predicted molar refractivity (Wildman–Crippen MR) is 52.7 cm³/mol. The molecule has 0 aliphatic carbocycles. The lowest BCUT2D eigenvalue weighted by Crippen LogP contribution is -2.24. The van der Waals surface area contributed by atoms with Crippen molar-refractivity contribution < 1.29 is 31.1 Å². The van der Waals surface area contributed by atoms with Crippen molar-refractivity contribution in [3.05, 3.63) is 33.3 Å². The molecule has 2 nitrogen and oxygen atoms in total. The maximum Gasteiger partial charge on any atom is 0.418 e. The number of benzene rings is 1. The van der Waals surface area contributed by atoms with Crippen LogP contribution in [0.3, 0.4) is 0 Å². The van der Waals surface area contributed by atoms with E-state index in [2.05, 4.69) is 21.7 Å². The summed E-state index contributed by atoms with van der Waals surface area (Å²) in [6.07, 6.45) is -10.2. The second-order valence-electron chi connectivity index (χ2n) is 3.20. The van der Waals surface area contributed by atoms with E-state index in [4.69, 9.17) is 0 Å². The molecule has 0 spiro atoms. The largest absolute Gasteiger partial charge is 0.418 e. The molecule has 1 aromatic rings. The molecule has 0 atom stereocenters. The first-order valence-electron chi connectivity index (χ1n) is 4.23. The molecule has 0 saturated heterocycles. The van der Waals surface area contributed by atoms with Crippen molar-refractivity contribution in [3.8, 4) is 0 Å². The lowest BCUT2D eigenvalue weighted by molar-refractivity contribution is -0.144. The lowest BCUT2D eigenvalue weighted by atomic mass is 9.99. The molecule has 1 rings (SSSR count). The summed E-state index contributed by atoms with van der Waals surface area (Å²) in [5, 5.41) is 0. The van der Waals surface area contributed by atoms with Crippen molar-refractivity contribution in [2.24, 2.45) is 5.73 Å². The van der Waals surface area contributed by atoms with Gasteiger partial charge in [0.25, 0.3) is 0 Å². The molecule has 0 aromatic heterocycles. The van der Waals surface area contributed by atoms with Crippen LogP contribution in [0.2, 0.25) is 0 Å². The summed E-state index contributed by atoms with van der Waals surface area (Å²) in [4.78, 5) is 10.9. The number of rotatable bonds is 1. The monoisotopic (exact) mass is 335 g/mol. The molecule has 0 bridgehead atoms. The van der Waals surface area contributed by atoms with Gasteiger partial charge in [0.15, 0.2) is 0 Å².